The maximum absolute atomic E-state index is 12.6. The molecule has 3 nitrogen and oxygen atoms in total. The van der Waals surface area contributed by atoms with Crippen molar-refractivity contribution >= 4 is 5.97 Å². The van der Waals surface area contributed by atoms with Crippen LogP contribution in [0.5, 0.6) is 0 Å². The van der Waals surface area contributed by atoms with E-state index in [1.165, 1.54) is 0 Å². The predicted octanol–water partition coefficient (Wildman–Crippen LogP) is 2.24. The number of carbonyl (C=O) groups excluding carboxylic acids is 1. The van der Waals surface area contributed by atoms with Gasteiger partial charge in [0.1, 0.15) is 12.1 Å². The summed E-state index contributed by atoms with van der Waals surface area (Å²) in [5.74, 6) is -2.21. The quantitative estimate of drug-likeness (QED) is 0.785. The number of rotatable bonds is 3. The van der Waals surface area contributed by atoms with Gasteiger partial charge in [0.15, 0.2) is 0 Å². The van der Waals surface area contributed by atoms with Crippen molar-refractivity contribution in [2.45, 2.75) is 51.9 Å². The third-order valence-electron chi connectivity index (χ3n) is 2.73. The summed E-state index contributed by atoms with van der Waals surface area (Å²) in [6.07, 6.45) is -3.36. The maximum atomic E-state index is 12.6. The van der Waals surface area contributed by atoms with E-state index in [1.54, 1.807) is 20.8 Å². The van der Waals surface area contributed by atoms with Crippen molar-refractivity contribution in [3.8, 4) is 0 Å². The number of hydrogen-bond donors (Lipinski definition) is 1. The molecule has 1 saturated carbocycles. The summed E-state index contributed by atoms with van der Waals surface area (Å²) in [7, 11) is 0. The Morgan fingerprint density at radius 2 is 1.76 bits per heavy atom. The van der Waals surface area contributed by atoms with Crippen LogP contribution in [0.2, 0.25) is 0 Å². The van der Waals surface area contributed by atoms with Crippen LogP contribution in [-0.2, 0) is 9.53 Å². The van der Waals surface area contributed by atoms with Crippen LogP contribution in [0, 0.1) is 11.3 Å². The molecule has 0 unspecified atom stereocenters. The molecule has 0 aromatic carbocycles. The first-order valence-corrected chi connectivity index (χ1v) is 5.56. The largest absolute Gasteiger partial charge is 0.462 e. The molecule has 0 aromatic heterocycles. The van der Waals surface area contributed by atoms with Gasteiger partial charge in [-0.1, -0.05) is 20.8 Å². The first kappa shape index (κ1) is 14.3. The number of alkyl halides is 3. The summed E-state index contributed by atoms with van der Waals surface area (Å²) in [6, 6.07) is -2.19. The molecule has 0 amide bonds. The molecular formula is C11H18F3NO2. The summed E-state index contributed by atoms with van der Waals surface area (Å²) in [6.45, 7) is 4.66. The second kappa shape index (κ2) is 4.48. The van der Waals surface area contributed by atoms with Gasteiger partial charge < -0.3 is 10.5 Å². The SMILES string of the molecule is CC(C)(C)[C@@H](C(=O)OC1CC1)[C@@H](N)C(F)(F)F. The summed E-state index contributed by atoms with van der Waals surface area (Å²) in [5, 5.41) is 0. The topological polar surface area (TPSA) is 52.3 Å². The molecule has 0 saturated heterocycles. The van der Waals surface area contributed by atoms with E-state index in [0.717, 1.165) is 12.8 Å². The van der Waals surface area contributed by atoms with Crippen molar-refractivity contribution in [1.82, 2.24) is 0 Å². The van der Waals surface area contributed by atoms with Crippen molar-refractivity contribution < 1.29 is 22.7 Å². The Morgan fingerprint density at radius 3 is 2.06 bits per heavy atom. The third-order valence-corrected chi connectivity index (χ3v) is 2.73. The molecule has 17 heavy (non-hydrogen) atoms. The molecule has 1 fully saturated rings. The van der Waals surface area contributed by atoms with Gasteiger partial charge in [-0.05, 0) is 18.3 Å². The van der Waals surface area contributed by atoms with Crippen molar-refractivity contribution in [2.75, 3.05) is 0 Å². The maximum Gasteiger partial charge on any atom is 0.404 e. The van der Waals surface area contributed by atoms with Crippen LogP contribution in [0.15, 0.2) is 0 Å². The average Bonchev–Trinajstić information content (AvgIpc) is 2.83. The molecule has 100 valence electrons. The van der Waals surface area contributed by atoms with Crippen LogP contribution in [0.1, 0.15) is 33.6 Å². The van der Waals surface area contributed by atoms with E-state index in [-0.39, 0.29) is 6.10 Å². The van der Waals surface area contributed by atoms with Crippen molar-refractivity contribution in [2.24, 2.45) is 17.1 Å². The van der Waals surface area contributed by atoms with E-state index in [4.69, 9.17) is 10.5 Å². The number of hydrogen-bond acceptors (Lipinski definition) is 3. The molecule has 2 N–H and O–H groups in total. The second-order valence-corrected chi connectivity index (χ2v) is 5.55. The van der Waals surface area contributed by atoms with Crippen LogP contribution in [0.4, 0.5) is 13.2 Å². The standard InChI is InChI=1S/C11H18F3NO2/c1-10(2,3)7(8(15)11(12,13)14)9(16)17-6-4-5-6/h6-8H,4-5,15H2,1-3H3/t7-,8-/m1/s1. The highest BCUT2D eigenvalue weighted by molar-refractivity contribution is 5.74. The van der Waals surface area contributed by atoms with E-state index in [0.29, 0.717) is 0 Å². The van der Waals surface area contributed by atoms with Gasteiger partial charge in [-0.3, -0.25) is 4.79 Å². The Morgan fingerprint density at radius 1 is 1.29 bits per heavy atom. The highest BCUT2D eigenvalue weighted by atomic mass is 19.4. The van der Waals surface area contributed by atoms with Crippen LogP contribution < -0.4 is 5.73 Å². The number of carbonyl (C=O) groups is 1. The van der Waals surface area contributed by atoms with E-state index < -0.39 is 29.5 Å². The molecule has 0 bridgehead atoms. The van der Waals surface area contributed by atoms with Gasteiger partial charge in [0, 0.05) is 0 Å². The second-order valence-electron chi connectivity index (χ2n) is 5.55. The first-order chi connectivity index (χ1) is 7.53. The molecule has 0 heterocycles. The normalized spacial score (nSPS) is 20.9. The Labute approximate surface area is 98.5 Å². The number of nitrogens with two attached hydrogens (primary N) is 1. The highest BCUT2D eigenvalue weighted by Crippen LogP contribution is 2.37. The number of ether oxygens (including phenoxy) is 1. The molecular weight excluding hydrogens is 235 g/mol. The van der Waals surface area contributed by atoms with Crippen LogP contribution in [0.25, 0.3) is 0 Å². The Bertz CT molecular complexity index is 292. The minimum atomic E-state index is -4.60. The van der Waals surface area contributed by atoms with Gasteiger partial charge in [0.25, 0.3) is 0 Å². The van der Waals surface area contributed by atoms with Gasteiger partial charge in [-0.15, -0.1) is 0 Å². The molecule has 1 aliphatic carbocycles. The zero-order chi connectivity index (χ0) is 13.4. The minimum absolute atomic E-state index is 0.215. The lowest BCUT2D eigenvalue weighted by atomic mass is 9.76. The minimum Gasteiger partial charge on any atom is -0.462 e. The van der Waals surface area contributed by atoms with Crippen molar-refractivity contribution in [3.05, 3.63) is 0 Å². The summed E-state index contributed by atoms with van der Waals surface area (Å²) in [4.78, 5) is 11.7. The van der Waals surface area contributed by atoms with Gasteiger partial charge in [0.05, 0.1) is 5.92 Å². The number of halogens is 3. The average molecular weight is 253 g/mol. The lowest BCUT2D eigenvalue weighted by Crippen LogP contribution is -2.52. The van der Waals surface area contributed by atoms with E-state index in [1.807, 2.05) is 0 Å². The van der Waals surface area contributed by atoms with E-state index >= 15 is 0 Å². The molecule has 1 aliphatic rings. The molecule has 1 rings (SSSR count). The van der Waals surface area contributed by atoms with Gasteiger partial charge in [0.2, 0.25) is 0 Å². The van der Waals surface area contributed by atoms with Crippen LogP contribution >= 0.6 is 0 Å². The van der Waals surface area contributed by atoms with E-state index in [2.05, 4.69) is 0 Å². The van der Waals surface area contributed by atoms with Crippen LogP contribution in [-0.4, -0.2) is 24.3 Å². The van der Waals surface area contributed by atoms with Crippen molar-refractivity contribution in [1.29, 1.82) is 0 Å². The van der Waals surface area contributed by atoms with Crippen LogP contribution in [0.3, 0.4) is 0 Å². The predicted molar refractivity (Wildman–Crippen MR) is 56.1 cm³/mol. The van der Waals surface area contributed by atoms with Gasteiger partial charge >= 0.3 is 12.1 Å². The molecule has 0 aromatic rings. The summed E-state index contributed by atoms with van der Waals surface area (Å²) < 4.78 is 42.8. The third kappa shape index (κ3) is 3.87. The summed E-state index contributed by atoms with van der Waals surface area (Å²) >= 11 is 0. The number of esters is 1. The smallest absolute Gasteiger partial charge is 0.404 e. The molecule has 6 heteroatoms. The monoisotopic (exact) mass is 253 g/mol. The Kier molecular flexibility index (Phi) is 3.76. The zero-order valence-electron chi connectivity index (χ0n) is 10.2. The lowest BCUT2D eigenvalue weighted by molar-refractivity contribution is -0.185. The molecule has 0 radical (unpaired) electrons. The van der Waals surface area contributed by atoms with Gasteiger partial charge in [-0.25, -0.2) is 0 Å². The summed E-state index contributed by atoms with van der Waals surface area (Å²) in [5.41, 5.74) is 4.26. The highest BCUT2D eigenvalue weighted by Gasteiger charge is 2.51. The molecule has 0 aliphatic heterocycles. The first-order valence-electron chi connectivity index (χ1n) is 5.56. The fourth-order valence-electron chi connectivity index (χ4n) is 1.65. The molecule has 0 spiro atoms. The Hall–Kier alpha value is -0.780. The van der Waals surface area contributed by atoms with Gasteiger partial charge in [-0.2, -0.15) is 13.2 Å². The fourth-order valence-corrected chi connectivity index (χ4v) is 1.65. The van der Waals surface area contributed by atoms with Crippen molar-refractivity contribution in [3.63, 3.8) is 0 Å². The lowest BCUT2D eigenvalue weighted by Gasteiger charge is -2.34. The van der Waals surface area contributed by atoms with E-state index in [9.17, 15) is 18.0 Å². The fraction of sp³-hybridized carbons (Fsp3) is 0.909. The Balaban J connectivity index is 2.82. The molecule has 2 atom stereocenters. The zero-order valence-corrected chi connectivity index (χ0v) is 10.2.